The van der Waals surface area contributed by atoms with Gasteiger partial charge in [-0.25, -0.2) is 9.78 Å². The lowest BCUT2D eigenvalue weighted by atomic mass is 10.1. The van der Waals surface area contributed by atoms with Gasteiger partial charge in [-0.2, -0.15) is 0 Å². The summed E-state index contributed by atoms with van der Waals surface area (Å²) < 4.78 is 7.08. The number of ether oxygens (including phenoxy) is 1. The molecule has 0 bridgehead atoms. The summed E-state index contributed by atoms with van der Waals surface area (Å²) in [4.78, 5) is 27.5. The van der Waals surface area contributed by atoms with E-state index in [1.54, 1.807) is 36.4 Å². The number of nitrogens with zero attached hydrogens (tertiary/aromatic N) is 2. The fourth-order valence-electron chi connectivity index (χ4n) is 2.19. The van der Waals surface area contributed by atoms with Crippen molar-refractivity contribution in [2.75, 3.05) is 0 Å². The summed E-state index contributed by atoms with van der Waals surface area (Å²) in [5, 5.41) is 0. The first-order chi connectivity index (χ1) is 11.6. The quantitative estimate of drug-likeness (QED) is 0.731. The summed E-state index contributed by atoms with van der Waals surface area (Å²) in [7, 11) is 0. The maximum atomic E-state index is 12.1. The van der Waals surface area contributed by atoms with Gasteiger partial charge >= 0.3 is 5.97 Å². The van der Waals surface area contributed by atoms with Gasteiger partial charge in [0, 0.05) is 24.2 Å². The van der Waals surface area contributed by atoms with Crippen LogP contribution < -0.4 is 5.73 Å². The molecule has 0 aliphatic rings. The Morgan fingerprint density at radius 2 is 1.83 bits per heavy atom. The summed E-state index contributed by atoms with van der Waals surface area (Å²) in [6.45, 7) is 0.0549. The standard InChI is InChI=1S/C18H15N3O3/c19-17(22)14-5-3-4-13(10-14)12-24-18(23)15-6-7-16(20-11-15)21-8-1-2-9-21/h1-11H,12H2,(H2,19,22). The molecular weight excluding hydrogens is 306 g/mol. The Morgan fingerprint density at radius 1 is 1.04 bits per heavy atom. The number of pyridine rings is 1. The molecule has 6 heteroatoms. The number of hydrogen-bond acceptors (Lipinski definition) is 4. The highest BCUT2D eigenvalue weighted by Gasteiger charge is 2.09. The number of carbonyl (C=O) groups excluding carboxylic acids is 2. The predicted molar refractivity (Wildman–Crippen MR) is 87.6 cm³/mol. The van der Waals surface area contributed by atoms with Crippen LogP contribution in [0.25, 0.3) is 5.82 Å². The van der Waals surface area contributed by atoms with Crippen LogP contribution >= 0.6 is 0 Å². The first-order valence-electron chi connectivity index (χ1n) is 7.29. The second kappa shape index (κ2) is 6.78. The molecule has 0 aliphatic heterocycles. The lowest BCUT2D eigenvalue weighted by Gasteiger charge is -2.07. The highest BCUT2D eigenvalue weighted by molar-refractivity contribution is 5.93. The molecule has 0 saturated heterocycles. The van der Waals surface area contributed by atoms with Crippen molar-refractivity contribution in [2.24, 2.45) is 5.73 Å². The van der Waals surface area contributed by atoms with Gasteiger partial charge in [0.15, 0.2) is 0 Å². The molecule has 3 aromatic rings. The number of esters is 1. The van der Waals surface area contributed by atoms with Crippen LogP contribution in [0.1, 0.15) is 26.3 Å². The zero-order valence-corrected chi connectivity index (χ0v) is 12.8. The minimum Gasteiger partial charge on any atom is -0.457 e. The number of amides is 1. The molecule has 0 unspecified atom stereocenters. The Balaban J connectivity index is 1.65. The van der Waals surface area contributed by atoms with E-state index >= 15 is 0 Å². The van der Waals surface area contributed by atoms with Crippen molar-refractivity contribution in [3.05, 3.63) is 83.8 Å². The zero-order chi connectivity index (χ0) is 16.9. The summed E-state index contributed by atoms with van der Waals surface area (Å²) in [5.74, 6) is -0.287. The smallest absolute Gasteiger partial charge is 0.340 e. The zero-order valence-electron chi connectivity index (χ0n) is 12.8. The largest absolute Gasteiger partial charge is 0.457 e. The molecule has 2 aromatic heterocycles. The van der Waals surface area contributed by atoms with E-state index in [1.165, 1.54) is 6.20 Å². The number of carbonyl (C=O) groups is 2. The molecule has 2 N–H and O–H groups in total. The third kappa shape index (κ3) is 3.49. The Morgan fingerprint density at radius 3 is 2.50 bits per heavy atom. The predicted octanol–water partition coefficient (Wildman–Crippen LogP) is 2.33. The lowest BCUT2D eigenvalue weighted by Crippen LogP contribution is -2.11. The molecule has 0 aliphatic carbocycles. The van der Waals surface area contributed by atoms with Crippen molar-refractivity contribution >= 4 is 11.9 Å². The normalized spacial score (nSPS) is 10.3. The highest BCUT2D eigenvalue weighted by atomic mass is 16.5. The third-order valence-corrected chi connectivity index (χ3v) is 3.43. The number of primary amides is 1. The molecular formula is C18H15N3O3. The first-order valence-corrected chi connectivity index (χ1v) is 7.29. The van der Waals surface area contributed by atoms with Gasteiger partial charge in [-0.05, 0) is 42.0 Å². The molecule has 1 aromatic carbocycles. The van der Waals surface area contributed by atoms with E-state index in [0.29, 0.717) is 22.5 Å². The molecule has 0 radical (unpaired) electrons. The molecule has 0 fully saturated rings. The van der Waals surface area contributed by atoms with Crippen molar-refractivity contribution in [3.63, 3.8) is 0 Å². The SMILES string of the molecule is NC(=O)c1cccc(COC(=O)c2ccc(-n3cccc3)nc2)c1. The molecule has 6 nitrogen and oxygen atoms in total. The van der Waals surface area contributed by atoms with Crippen LogP contribution in [0.15, 0.2) is 67.1 Å². The van der Waals surface area contributed by atoms with Crippen molar-refractivity contribution in [1.82, 2.24) is 9.55 Å². The monoisotopic (exact) mass is 321 g/mol. The van der Waals surface area contributed by atoms with E-state index in [1.807, 2.05) is 29.1 Å². The molecule has 24 heavy (non-hydrogen) atoms. The second-order valence-electron chi connectivity index (χ2n) is 5.14. The average molecular weight is 321 g/mol. The summed E-state index contributed by atoms with van der Waals surface area (Å²) >= 11 is 0. The number of rotatable bonds is 5. The van der Waals surface area contributed by atoms with Gasteiger partial charge in [0.05, 0.1) is 5.56 Å². The fourth-order valence-corrected chi connectivity index (χ4v) is 2.19. The van der Waals surface area contributed by atoms with Gasteiger partial charge < -0.3 is 15.0 Å². The summed E-state index contributed by atoms with van der Waals surface area (Å²) in [6.07, 6.45) is 5.20. The maximum absolute atomic E-state index is 12.1. The van der Waals surface area contributed by atoms with Crippen LogP contribution in [0.4, 0.5) is 0 Å². The number of benzene rings is 1. The molecule has 0 atom stereocenters. The van der Waals surface area contributed by atoms with Gasteiger partial charge in [0.25, 0.3) is 0 Å². The van der Waals surface area contributed by atoms with E-state index in [0.717, 1.165) is 0 Å². The van der Waals surface area contributed by atoms with Gasteiger partial charge in [-0.1, -0.05) is 12.1 Å². The van der Waals surface area contributed by atoms with Crippen molar-refractivity contribution in [2.45, 2.75) is 6.61 Å². The van der Waals surface area contributed by atoms with Crippen LogP contribution in [-0.2, 0) is 11.3 Å². The van der Waals surface area contributed by atoms with Crippen LogP contribution in [0.5, 0.6) is 0 Å². The fraction of sp³-hybridized carbons (Fsp3) is 0.0556. The molecule has 2 heterocycles. The molecule has 0 spiro atoms. The average Bonchev–Trinajstić information content (AvgIpc) is 3.14. The third-order valence-electron chi connectivity index (χ3n) is 3.43. The molecule has 3 rings (SSSR count). The van der Waals surface area contributed by atoms with Crippen LogP contribution in [0.3, 0.4) is 0 Å². The molecule has 0 saturated carbocycles. The number of hydrogen-bond donors (Lipinski definition) is 1. The first kappa shape index (κ1) is 15.5. The molecule has 120 valence electrons. The van der Waals surface area contributed by atoms with E-state index in [9.17, 15) is 9.59 Å². The van der Waals surface area contributed by atoms with Gasteiger partial charge in [-0.3, -0.25) is 4.79 Å². The van der Waals surface area contributed by atoms with Crippen LogP contribution in [0.2, 0.25) is 0 Å². The van der Waals surface area contributed by atoms with E-state index in [4.69, 9.17) is 10.5 Å². The number of nitrogens with two attached hydrogens (primary N) is 1. The van der Waals surface area contributed by atoms with Crippen molar-refractivity contribution < 1.29 is 14.3 Å². The minimum atomic E-state index is -0.520. The van der Waals surface area contributed by atoms with Crippen LogP contribution in [0, 0.1) is 0 Å². The molecule has 1 amide bonds. The number of aromatic nitrogens is 2. The topological polar surface area (TPSA) is 87.2 Å². The van der Waals surface area contributed by atoms with Gasteiger partial charge in [0.1, 0.15) is 12.4 Å². The van der Waals surface area contributed by atoms with E-state index in [2.05, 4.69) is 4.98 Å². The van der Waals surface area contributed by atoms with Crippen molar-refractivity contribution in [3.8, 4) is 5.82 Å². The van der Waals surface area contributed by atoms with Crippen LogP contribution in [-0.4, -0.2) is 21.4 Å². The van der Waals surface area contributed by atoms with Gasteiger partial charge in [-0.15, -0.1) is 0 Å². The summed E-state index contributed by atoms with van der Waals surface area (Å²) in [5.41, 5.74) is 6.65. The minimum absolute atomic E-state index is 0.0549. The Hall–Kier alpha value is -3.41. The maximum Gasteiger partial charge on any atom is 0.340 e. The highest BCUT2D eigenvalue weighted by Crippen LogP contribution is 2.10. The Labute approximate surface area is 138 Å². The van der Waals surface area contributed by atoms with Crippen molar-refractivity contribution in [1.29, 1.82) is 0 Å². The lowest BCUT2D eigenvalue weighted by molar-refractivity contribution is 0.0472. The Bertz CT molecular complexity index is 855. The Kier molecular flexibility index (Phi) is 4.38. The van der Waals surface area contributed by atoms with Gasteiger partial charge in [0.2, 0.25) is 5.91 Å². The van der Waals surface area contributed by atoms with E-state index < -0.39 is 11.9 Å². The van der Waals surface area contributed by atoms with E-state index in [-0.39, 0.29) is 6.61 Å². The summed E-state index contributed by atoms with van der Waals surface area (Å²) in [6, 6.07) is 13.8. The second-order valence-corrected chi connectivity index (χ2v) is 5.14.